The first-order valence-corrected chi connectivity index (χ1v) is 9.07. The molecule has 2 heterocycles. The highest BCUT2D eigenvalue weighted by Crippen LogP contribution is 2.13. The summed E-state index contributed by atoms with van der Waals surface area (Å²) >= 11 is 0. The maximum Gasteiger partial charge on any atom is 0.191 e. The lowest BCUT2D eigenvalue weighted by molar-refractivity contribution is 0.372. The lowest BCUT2D eigenvalue weighted by Gasteiger charge is -2.11. The third kappa shape index (κ3) is 5.44. The van der Waals surface area contributed by atoms with Crippen LogP contribution in [-0.4, -0.2) is 27.7 Å². The Morgan fingerprint density at radius 1 is 1.15 bits per heavy atom. The molecule has 2 N–H and O–H groups in total. The molecule has 0 saturated heterocycles. The van der Waals surface area contributed by atoms with E-state index in [1.165, 1.54) is 11.1 Å². The summed E-state index contributed by atoms with van der Waals surface area (Å²) in [5, 5.41) is 10.6. The van der Waals surface area contributed by atoms with E-state index in [0.717, 1.165) is 24.0 Å². The van der Waals surface area contributed by atoms with E-state index >= 15 is 0 Å². The van der Waals surface area contributed by atoms with Crippen LogP contribution in [0.1, 0.15) is 42.3 Å². The second-order valence-corrected chi connectivity index (χ2v) is 6.70. The van der Waals surface area contributed by atoms with Crippen LogP contribution in [0, 0.1) is 0 Å². The topological polar surface area (TPSA) is 80.3 Å². The summed E-state index contributed by atoms with van der Waals surface area (Å²) < 4.78 is 7.39. The minimum Gasteiger partial charge on any atom is -0.359 e. The summed E-state index contributed by atoms with van der Waals surface area (Å²) in [7, 11) is 1.75. The van der Waals surface area contributed by atoms with E-state index < -0.39 is 0 Å². The van der Waals surface area contributed by atoms with E-state index in [4.69, 9.17) is 4.52 Å². The zero-order valence-corrected chi connectivity index (χ0v) is 16.0. The van der Waals surface area contributed by atoms with Gasteiger partial charge in [0.25, 0.3) is 0 Å². The van der Waals surface area contributed by atoms with Gasteiger partial charge < -0.3 is 19.7 Å². The zero-order chi connectivity index (χ0) is 19.1. The van der Waals surface area contributed by atoms with Crippen LogP contribution in [0.25, 0.3) is 0 Å². The average molecular weight is 366 g/mol. The molecule has 0 radical (unpaired) electrons. The van der Waals surface area contributed by atoms with Crippen LogP contribution in [0.3, 0.4) is 0 Å². The van der Waals surface area contributed by atoms with Crippen molar-refractivity contribution in [2.75, 3.05) is 7.05 Å². The Labute approximate surface area is 159 Å². The van der Waals surface area contributed by atoms with Gasteiger partial charge in [0.1, 0.15) is 0 Å². The number of hydrogen-bond donors (Lipinski definition) is 2. The molecule has 7 nitrogen and oxygen atoms in total. The number of nitrogens with one attached hydrogen (secondary N) is 2. The van der Waals surface area contributed by atoms with Crippen molar-refractivity contribution in [2.24, 2.45) is 4.99 Å². The molecule has 0 bridgehead atoms. The molecule has 1 aromatic carbocycles. The molecule has 2 aromatic heterocycles. The summed E-state index contributed by atoms with van der Waals surface area (Å²) in [5.41, 5.74) is 3.39. The maximum atomic E-state index is 5.34. The van der Waals surface area contributed by atoms with Crippen LogP contribution in [0.4, 0.5) is 0 Å². The van der Waals surface area contributed by atoms with Gasteiger partial charge in [-0.25, -0.2) is 4.98 Å². The van der Waals surface area contributed by atoms with Crippen LogP contribution >= 0.6 is 0 Å². The maximum absolute atomic E-state index is 5.34. The van der Waals surface area contributed by atoms with Gasteiger partial charge in [-0.3, -0.25) is 4.99 Å². The highest BCUT2D eigenvalue weighted by Gasteiger charge is 2.08. The third-order valence-corrected chi connectivity index (χ3v) is 4.23. The van der Waals surface area contributed by atoms with E-state index in [1.54, 1.807) is 13.2 Å². The number of aliphatic imine (C=N–C) groups is 1. The number of guanidine groups is 1. The number of imidazole rings is 1. The molecule has 0 aliphatic rings. The number of benzene rings is 1. The molecule has 0 amide bonds. The Kier molecular flexibility index (Phi) is 6.25. The molecular weight excluding hydrogens is 340 g/mol. The monoisotopic (exact) mass is 366 g/mol. The number of rotatable bonds is 7. The molecule has 0 spiro atoms. The lowest BCUT2D eigenvalue weighted by Crippen LogP contribution is -2.36. The van der Waals surface area contributed by atoms with Crippen molar-refractivity contribution in [1.29, 1.82) is 0 Å². The number of hydrogen-bond acceptors (Lipinski definition) is 4. The molecule has 27 heavy (non-hydrogen) atoms. The second kappa shape index (κ2) is 9.02. The van der Waals surface area contributed by atoms with Crippen molar-refractivity contribution in [3.05, 3.63) is 71.6 Å². The van der Waals surface area contributed by atoms with Gasteiger partial charge in [-0.15, -0.1) is 0 Å². The molecule has 0 aliphatic heterocycles. The van der Waals surface area contributed by atoms with Crippen LogP contribution in [0.5, 0.6) is 0 Å². The summed E-state index contributed by atoms with van der Waals surface area (Å²) in [6.07, 6.45) is 5.58. The van der Waals surface area contributed by atoms with Crippen LogP contribution in [0.15, 0.2) is 58.6 Å². The van der Waals surface area contributed by atoms with E-state index in [1.807, 2.05) is 23.2 Å². The predicted molar refractivity (Wildman–Crippen MR) is 105 cm³/mol. The second-order valence-electron chi connectivity index (χ2n) is 6.70. The first-order chi connectivity index (χ1) is 13.1. The Balaban J connectivity index is 1.47. The zero-order valence-electron chi connectivity index (χ0n) is 16.0. The van der Waals surface area contributed by atoms with Crippen molar-refractivity contribution in [3.8, 4) is 0 Å². The summed E-state index contributed by atoms with van der Waals surface area (Å²) in [6.45, 7) is 6.25. The Morgan fingerprint density at radius 3 is 2.52 bits per heavy atom. The Bertz CT molecular complexity index is 849. The first-order valence-electron chi connectivity index (χ1n) is 9.07. The van der Waals surface area contributed by atoms with E-state index in [2.05, 4.69) is 63.9 Å². The van der Waals surface area contributed by atoms with Gasteiger partial charge in [-0.1, -0.05) is 43.3 Å². The van der Waals surface area contributed by atoms with Crippen LogP contribution in [0.2, 0.25) is 0 Å². The number of nitrogens with zero attached hydrogens (tertiary/aromatic N) is 4. The largest absolute Gasteiger partial charge is 0.359 e. The highest BCUT2D eigenvalue weighted by molar-refractivity contribution is 5.79. The Hall–Kier alpha value is -3.09. The molecule has 0 fully saturated rings. The molecular formula is C20H26N6O. The van der Waals surface area contributed by atoms with Gasteiger partial charge in [-0.05, 0) is 17.0 Å². The predicted octanol–water partition coefficient (Wildman–Crippen LogP) is 2.91. The van der Waals surface area contributed by atoms with Gasteiger partial charge in [-0.2, -0.15) is 0 Å². The average Bonchev–Trinajstić information content (AvgIpc) is 3.35. The molecule has 7 heteroatoms. The fraction of sp³-hybridized carbons (Fsp3) is 0.350. The molecule has 142 valence electrons. The molecule has 0 saturated carbocycles. The van der Waals surface area contributed by atoms with E-state index in [9.17, 15) is 0 Å². The minimum absolute atomic E-state index is 0.358. The summed E-state index contributed by atoms with van der Waals surface area (Å²) in [5.74, 6) is 1.88. The normalized spacial score (nSPS) is 11.8. The van der Waals surface area contributed by atoms with E-state index in [-0.39, 0.29) is 0 Å². The Morgan fingerprint density at radius 2 is 1.89 bits per heavy atom. The molecule has 3 aromatic rings. The number of aromatic nitrogens is 3. The van der Waals surface area contributed by atoms with Crippen molar-refractivity contribution < 1.29 is 4.52 Å². The fourth-order valence-electron chi connectivity index (χ4n) is 2.62. The van der Waals surface area contributed by atoms with E-state index in [0.29, 0.717) is 19.0 Å². The quantitative estimate of drug-likeness (QED) is 0.496. The van der Waals surface area contributed by atoms with Crippen molar-refractivity contribution in [3.63, 3.8) is 0 Å². The molecule has 0 unspecified atom stereocenters. The van der Waals surface area contributed by atoms with Crippen molar-refractivity contribution in [2.45, 2.75) is 39.4 Å². The standard InChI is InChI=1S/C20H26N6O/c1-15(2)19-10-18(27-25-19)12-24-20(21-3)23-11-16-4-6-17(7-5-16)13-26-9-8-22-14-26/h4-10,14-15H,11-13H2,1-3H3,(H2,21,23,24). The molecule has 3 rings (SSSR count). The first kappa shape index (κ1) is 18.7. The third-order valence-electron chi connectivity index (χ3n) is 4.23. The van der Waals surface area contributed by atoms with Gasteiger partial charge in [0.05, 0.1) is 18.6 Å². The smallest absolute Gasteiger partial charge is 0.191 e. The van der Waals surface area contributed by atoms with Crippen molar-refractivity contribution in [1.82, 2.24) is 25.3 Å². The minimum atomic E-state index is 0.358. The van der Waals surface area contributed by atoms with Crippen molar-refractivity contribution >= 4 is 5.96 Å². The fourth-order valence-corrected chi connectivity index (χ4v) is 2.62. The van der Waals surface area contributed by atoms with Gasteiger partial charge in [0.15, 0.2) is 11.7 Å². The van der Waals surface area contributed by atoms with Crippen LogP contribution in [-0.2, 0) is 19.6 Å². The molecule has 0 aliphatic carbocycles. The SMILES string of the molecule is CN=C(NCc1ccc(Cn2ccnc2)cc1)NCc1cc(C(C)C)no1. The van der Waals surface area contributed by atoms with Gasteiger partial charge >= 0.3 is 0 Å². The van der Waals surface area contributed by atoms with Gasteiger partial charge in [0.2, 0.25) is 0 Å². The summed E-state index contributed by atoms with van der Waals surface area (Å²) in [6, 6.07) is 10.5. The highest BCUT2D eigenvalue weighted by atomic mass is 16.5. The van der Waals surface area contributed by atoms with Crippen LogP contribution < -0.4 is 10.6 Å². The molecule has 0 atom stereocenters. The van der Waals surface area contributed by atoms with Gasteiger partial charge in [0, 0.05) is 38.6 Å². The summed E-state index contributed by atoms with van der Waals surface area (Å²) in [4.78, 5) is 8.32. The lowest BCUT2D eigenvalue weighted by atomic mass is 10.1.